The summed E-state index contributed by atoms with van der Waals surface area (Å²) < 4.78 is 5.07. The summed E-state index contributed by atoms with van der Waals surface area (Å²) in [5.41, 5.74) is 2.64. The van der Waals surface area contributed by atoms with E-state index in [1.165, 1.54) is 17.4 Å². The second-order valence-corrected chi connectivity index (χ2v) is 2.62. The van der Waals surface area contributed by atoms with Gasteiger partial charge in [0.2, 0.25) is 0 Å². The molecule has 0 bridgehead atoms. The first kappa shape index (κ1) is 9.14. The van der Waals surface area contributed by atoms with Gasteiger partial charge in [0.1, 0.15) is 0 Å². The minimum atomic E-state index is 0.674. The third kappa shape index (κ3) is 3.44. The van der Waals surface area contributed by atoms with Crippen LogP contribution in [0.15, 0.2) is 42.1 Å². The summed E-state index contributed by atoms with van der Waals surface area (Å²) in [6.07, 6.45) is 2.41. The van der Waals surface area contributed by atoms with Crippen LogP contribution in [0.5, 0.6) is 0 Å². The van der Waals surface area contributed by atoms with Crippen LogP contribution < -0.4 is 0 Å². The molecule has 0 aliphatic carbocycles. The number of halogens is 1. The van der Waals surface area contributed by atoms with Crippen molar-refractivity contribution in [2.24, 2.45) is 0 Å². The molecule has 1 aromatic carbocycles. The van der Waals surface area contributed by atoms with Gasteiger partial charge in [0.15, 0.2) is 0 Å². The Balaban J connectivity index is 2.24. The highest BCUT2D eigenvalue weighted by Crippen LogP contribution is 1.99. The summed E-state index contributed by atoms with van der Waals surface area (Å²) in [4.78, 5) is 0. The molecule has 0 saturated carbocycles. The zero-order chi connectivity index (χ0) is 8.65. The lowest BCUT2D eigenvalue weighted by Gasteiger charge is -1.99. The average molecular weight is 183 g/mol. The molecule has 0 radical (unpaired) electrons. The molecule has 2 heteroatoms. The molecule has 1 aromatic rings. The smallest absolute Gasteiger partial charge is 0.0942 e. The third-order valence-corrected chi connectivity index (χ3v) is 1.60. The molecule has 12 heavy (non-hydrogen) atoms. The lowest BCUT2D eigenvalue weighted by Crippen LogP contribution is -1.92. The molecule has 0 N–H and O–H groups in total. The largest absolute Gasteiger partial charge is 0.500 e. The SMILES string of the molecule is Cl/C=C\OCCc1ccccc1. The molecule has 1 nitrogen and oxygen atoms in total. The molecule has 0 heterocycles. The van der Waals surface area contributed by atoms with Crippen LogP contribution in [0.25, 0.3) is 0 Å². The van der Waals surface area contributed by atoms with E-state index in [1.54, 1.807) is 0 Å². The Bertz CT molecular complexity index is 231. The minimum absolute atomic E-state index is 0.674. The van der Waals surface area contributed by atoms with Crippen LogP contribution in [0.3, 0.4) is 0 Å². The first-order chi connectivity index (χ1) is 5.93. The van der Waals surface area contributed by atoms with Gasteiger partial charge in [0, 0.05) is 12.0 Å². The van der Waals surface area contributed by atoms with Crippen LogP contribution in [0, 0.1) is 0 Å². The van der Waals surface area contributed by atoms with Gasteiger partial charge in [0.05, 0.1) is 12.9 Å². The Hall–Kier alpha value is -0.950. The number of hydrogen-bond acceptors (Lipinski definition) is 1. The van der Waals surface area contributed by atoms with Crippen molar-refractivity contribution in [1.82, 2.24) is 0 Å². The molecule has 0 amide bonds. The molecule has 0 aliphatic heterocycles. The number of rotatable bonds is 4. The lowest BCUT2D eigenvalue weighted by molar-refractivity contribution is 0.254. The van der Waals surface area contributed by atoms with E-state index in [1.807, 2.05) is 18.2 Å². The molecule has 0 aliphatic rings. The van der Waals surface area contributed by atoms with Crippen molar-refractivity contribution in [2.75, 3.05) is 6.61 Å². The molecule has 64 valence electrons. The maximum atomic E-state index is 5.28. The van der Waals surface area contributed by atoms with Crippen LogP contribution >= 0.6 is 11.6 Å². The highest BCUT2D eigenvalue weighted by Gasteiger charge is 1.88. The molecular weight excluding hydrogens is 172 g/mol. The Kier molecular flexibility index (Phi) is 4.32. The van der Waals surface area contributed by atoms with Crippen molar-refractivity contribution in [1.29, 1.82) is 0 Å². The van der Waals surface area contributed by atoms with E-state index in [0.717, 1.165) is 6.42 Å². The zero-order valence-electron chi connectivity index (χ0n) is 6.74. The molecule has 1 rings (SSSR count). The van der Waals surface area contributed by atoms with Gasteiger partial charge in [-0.15, -0.1) is 0 Å². The second kappa shape index (κ2) is 5.67. The van der Waals surface area contributed by atoms with Crippen molar-refractivity contribution >= 4 is 11.6 Å². The van der Waals surface area contributed by atoms with E-state index in [4.69, 9.17) is 16.3 Å². The maximum absolute atomic E-state index is 5.28. The number of benzene rings is 1. The quantitative estimate of drug-likeness (QED) is 0.514. The maximum Gasteiger partial charge on any atom is 0.0942 e. The first-order valence-corrected chi connectivity index (χ1v) is 4.28. The van der Waals surface area contributed by atoms with Gasteiger partial charge >= 0.3 is 0 Å². The molecule has 0 aromatic heterocycles. The van der Waals surface area contributed by atoms with Crippen LogP contribution in [-0.2, 0) is 11.2 Å². The van der Waals surface area contributed by atoms with Crippen LogP contribution in [-0.4, -0.2) is 6.61 Å². The van der Waals surface area contributed by atoms with E-state index in [2.05, 4.69) is 12.1 Å². The van der Waals surface area contributed by atoms with E-state index >= 15 is 0 Å². The molecule has 0 spiro atoms. The lowest BCUT2D eigenvalue weighted by atomic mass is 10.2. The second-order valence-electron chi connectivity index (χ2n) is 2.37. The first-order valence-electron chi connectivity index (χ1n) is 3.84. The van der Waals surface area contributed by atoms with Crippen LogP contribution in [0.2, 0.25) is 0 Å². The van der Waals surface area contributed by atoms with Crippen LogP contribution in [0.4, 0.5) is 0 Å². The fraction of sp³-hybridized carbons (Fsp3) is 0.200. The van der Waals surface area contributed by atoms with Gasteiger partial charge in [0.25, 0.3) is 0 Å². The molecular formula is C10H11ClO. The van der Waals surface area contributed by atoms with E-state index in [0.29, 0.717) is 6.61 Å². The Morgan fingerprint density at radius 2 is 2.00 bits per heavy atom. The van der Waals surface area contributed by atoms with Gasteiger partial charge in [-0.05, 0) is 5.56 Å². The van der Waals surface area contributed by atoms with Crippen LogP contribution in [0.1, 0.15) is 5.56 Å². The predicted octanol–water partition coefficient (Wildman–Crippen LogP) is 2.96. The molecule has 0 atom stereocenters. The Morgan fingerprint density at radius 1 is 1.25 bits per heavy atom. The Labute approximate surface area is 77.6 Å². The van der Waals surface area contributed by atoms with Gasteiger partial charge in [-0.25, -0.2) is 0 Å². The summed E-state index contributed by atoms with van der Waals surface area (Å²) in [5, 5.41) is 0. The fourth-order valence-electron chi connectivity index (χ4n) is 0.926. The summed E-state index contributed by atoms with van der Waals surface area (Å²) in [6, 6.07) is 10.2. The molecule has 0 saturated heterocycles. The predicted molar refractivity (Wildman–Crippen MR) is 51.1 cm³/mol. The van der Waals surface area contributed by atoms with Crippen molar-refractivity contribution in [2.45, 2.75) is 6.42 Å². The normalized spacial score (nSPS) is 10.4. The summed E-state index contributed by atoms with van der Waals surface area (Å²) >= 11 is 5.28. The van der Waals surface area contributed by atoms with Gasteiger partial charge in [-0.2, -0.15) is 0 Å². The third-order valence-electron chi connectivity index (χ3n) is 1.50. The van der Waals surface area contributed by atoms with Crippen molar-refractivity contribution in [3.63, 3.8) is 0 Å². The summed E-state index contributed by atoms with van der Waals surface area (Å²) in [6.45, 7) is 0.674. The standard InChI is InChI=1S/C10H11ClO/c11-7-9-12-8-6-10-4-2-1-3-5-10/h1-5,7,9H,6,8H2/b9-7-. The molecule has 0 unspecified atom stereocenters. The van der Waals surface area contributed by atoms with E-state index in [9.17, 15) is 0 Å². The average Bonchev–Trinajstić information content (AvgIpc) is 2.14. The van der Waals surface area contributed by atoms with Crippen molar-refractivity contribution in [3.8, 4) is 0 Å². The molecule has 0 fully saturated rings. The summed E-state index contributed by atoms with van der Waals surface area (Å²) in [7, 11) is 0. The van der Waals surface area contributed by atoms with E-state index in [-0.39, 0.29) is 0 Å². The van der Waals surface area contributed by atoms with E-state index < -0.39 is 0 Å². The van der Waals surface area contributed by atoms with Crippen molar-refractivity contribution < 1.29 is 4.74 Å². The highest BCUT2D eigenvalue weighted by atomic mass is 35.5. The van der Waals surface area contributed by atoms with Crippen molar-refractivity contribution in [3.05, 3.63) is 47.7 Å². The number of hydrogen-bond donors (Lipinski definition) is 0. The van der Waals surface area contributed by atoms with Gasteiger partial charge < -0.3 is 4.74 Å². The summed E-state index contributed by atoms with van der Waals surface area (Å²) in [5.74, 6) is 0. The zero-order valence-corrected chi connectivity index (χ0v) is 7.50. The fourth-order valence-corrected chi connectivity index (χ4v) is 0.999. The number of ether oxygens (including phenoxy) is 1. The highest BCUT2D eigenvalue weighted by molar-refractivity contribution is 6.25. The Morgan fingerprint density at radius 3 is 2.67 bits per heavy atom. The topological polar surface area (TPSA) is 9.23 Å². The van der Waals surface area contributed by atoms with Gasteiger partial charge in [-0.3, -0.25) is 0 Å². The monoisotopic (exact) mass is 182 g/mol. The van der Waals surface area contributed by atoms with Gasteiger partial charge in [-0.1, -0.05) is 41.9 Å². The minimum Gasteiger partial charge on any atom is -0.500 e.